The molecule has 0 atom stereocenters. The van der Waals surface area contributed by atoms with Crippen molar-refractivity contribution < 1.29 is 27.0 Å². The van der Waals surface area contributed by atoms with Crippen LogP contribution in [0.2, 0.25) is 0 Å². The maximum atomic E-state index is 15.0. The van der Waals surface area contributed by atoms with Crippen molar-refractivity contribution in [2.24, 2.45) is 17.8 Å². The summed E-state index contributed by atoms with van der Waals surface area (Å²) in [7, 11) is 0. The van der Waals surface area contributed by atoms with Crippen molar-refractivity contribution >= 4 is 0 Å². The number of halogens is 4. The van der Waals surface area contributed by atoms with Crippen LogP contribution in [0.3, 0.4) is 0 Å². The van der Waals surface area contributed by atoms with E-state index in [2.05, 4.69) is 23.8 Å². The molecule has 0 unspecified atom stereocenters. The quantitative estimate of drug-likeness (QED) is 0.243. The number of benzene rings is 2. The predicted octanol–water partition coefficient (Wildman–Crippen LogP) is 9.23. The van der Waals surface area contributed by atoms with Gasteiger partial charge in [0.05, 0.1) is 0 Å². The Hall–Kier alpha value is -2.50. The molecule has 0 aliphatic heterocycles. The molecule has 0 amide bonds. The molecule has 37 heavy (non-hydrogen) atoms. The van der Waals surface area contributed by atoms with Crippen LogP contribution in [0.15, 0.2) is 48.6 Å². The summed E-state index contributed by atoms with van der Waals surface area (Å²) in [5, 5.41) is 0. The molecule has 2 nitrogen and oxygen atoms in total. The van der Waals surface area contributed by atoms with Crippen molar-refractivity contribution in [3.63, 3.8) is 0 Å². The van der Waals surface area contributed by atoms with Crippen LogP contribution in [0.25, 0.3) is 0 Å². The normalized spacial score (nSPS) is 24.8. The average molecular weight is 519 g/mol. The van der Waals surface area contributed by atoms with Crippen molar-refractivity contribution in [1.29, 1.82) is 0 Å². The maximum absolute atomic E-state index is 15.0. The smallest absolute Gasteiger partial charge is 0.433 e. The summed E-state index contributed by atoms with van der Waals surface area (Å²) >= 11 is 0. The molecule has 2 aromatic carbocycles. The molecule has 2 fully saturated rings. The number of hydrogen-bond acceptors (Lipinski definition) is 2. The van der Waals surface area contributed by atoms with E-state index in [0.29, 0.717) is 17.8 Å². The second-order valence-corrected chi connectivity index (χ2v) is 10.6. The standard InChI is InChI=1S/C31H38F4O2/c1-3-5-22-6-10-23(11-7-22)24-12-14-25(15-13-24)27-18-19-28(30(33)29(27)32)37-31(34,35)20-36-26-16-8-21(4-2)9-17-26/h3,5,8-9,16-19,22-25H,4,6-7,10-15,20H2,1-2H3. The van der Waals surface area contributed by atoms with E-state index in [-0.39, 0.29) is 17.2 Å². The summed E-state index contributed by atoms with van der Waals surface area (Å²) in [6.07, 6.45) is 9.97. The Morgan fingerprint density at radius 3 is 2.05 bits per heavy atom. The fraction of sp³-hybridized carbons (Fsp3) is 0.548. The molecule has 2 aliphatic rings. The molecule has 4 rings (SSSR count). The van der Waals surface area contributed by atoms with Crippen LogP contribution in [-0.4, -0.2) is 12.7 Å². The topological polar surface area (TPSA) is 18.5 Å². The van der Waals surface area contributed by atoms with Gasteiger partial charge in [0.1, 0.15) is 5.75 Å². The zero-order chi connectivity index (χ0) is 26.4. The molecule has 2 aromatic rings. The highest BCUT2D eigenvalue weighted by molar-refractivity contribution is 5.34. The van der Waals surface area contributed by atoms with Crippen LogP contribution in [0.5, 0.6) is 11.5 Å². The third kappa shape index (κ3) is 7.08. The first-order chi connectivity index (χ1) is 17.8. The summed E-state index contributed by atoms with van der Waals surface area (Å²) in [6, 6.07) is 9.27. The lowest BCUT2D eigenvalue weighted by atomic mass is 9.68. The highest BCUT2D eigenvalue weighted by Crippen LogP contribution is 2.45. The Morgan fingerprint density at radius 2 is 1.46 bits per heavy atom. The molecule has 0 radical (unpaired) electrons. The first-order valence-corrected chi connectivity index (χ1v) is 13.7. The molecule has 0 heterocycles. The van der Waals surface area contributed by atoms with E-state index in [1.54, 1.807) is 24.3 Å². The maximum Gasteiger partial charge on any atom is 0.433 e. The summed E-state index contributed by atoms with van der Waals surface area (Å²) < 4.78 is 68.1. The van der Waals surface area contributed by atoms with Gasteiger partial charge in [-0.2, -0.15) is 13.2 Å². The van der Waals surface area contributed by atoms with Crippen molar-refractivity contribution in [3.8, 4) is 11.5 Å². The van der Waals surface area contributed by atoms with Gasteiger partial charge in [-0.1, -0.05) is 37.3 Å². The molecule has 2 aliphatic carbocycles. The molecule has 0 spiro atoms. The van der Waals surface area contributed by atoms with Gasteiger partial charge in [0.25, 0.3) is 0 Å². The van der Waals surface area contributed by atoms with E-state index >= 15 is 0 Å². The third-order valence-corrected chi connectivity index (χ3v) is 8.23. The van der Waals surface area contributed by atoms with Crippen LogP contribution >= 0.6 is 0 Å². The largest absolute Gasteiger partial charge is 0.483 e. The monoisotopic (exact) mass is 518 g/mol. The number of alkyl halides is 2. The molecule has 0 aromatic heterocycles. The van der Waals surface area contributed by atoms with E-state index < -0.39 is 30.1 Å². The molecule has 2 saturated carbocycles. The Bertz CT molecular complexity index is 1030. The van der Waals surface area contributed by atoms with Crippen molar-refractivity contribution in [3.05, 3.63) is 71.3 Å². The van der Waals surface area contributed by atoms with Crippen LogP contribution < -0.4 is 9.47 Å². The lowest BCUT2D eigenvalue weighted by Gasteiger charge is -2.37. The lowest BCUT2D eigenvalue weighted by molar-refractivity contribution is -0.196. The molecule has 0 bridgehead atoms. The summed E-state index contributed by atoms with van der Waals surface area (Å²) in [5.74, 6) is -1.06. The first-order valence-electron chi connectivity index (χ1n) is 13.7. The predicted molar refractivity (Wildman–Crippen MR) is 138 cm³/mol. The van der Waals surface area contributed by atoms with Gasteiger partial charge >= 0.3 is 6.11 Å². The van der Waals surface area contributed by atoms with Gasteiger partial charge in [0, 0.05) is 0 Å². The fourth-order valence-electron chi connectivity index (χ4n) is 6.10. The van der Waals surface area contributed by atoms with Gasteiger partial charge < -0.3 is 9.47 Å². The van der Waals surface area contributed by atoms with Crippen LogP contribution in [-0.2, 0) is 6.42 Å². The summed E-state index contributed by atoms with van der Waals surface area (Å²) in [6.45, 7) is 2.95. The minimum Gasteiger partial charge on any atom is -0.483 e. The minimum absolute atomic E-state index is 0.103. The molecule has 202 valence electrons. The number of aryl methyl sites for hydroxylation is 1. The molecule has 0 N–H and O–H groups in total. The minimum atomic E-state index is -3.82. The summed E-state index contributed by atoms with van der Waals surface area (Å²) in [4.78, 5) is 0. The van der Waals surface area contributed by atoms with E-state index in [0.717, 1.165) is 43.7 Å². The molecule has 0 saturated heterocycles. The van der Waals surface area contributed by atoms with E-state index in [1.165, 1.54) is 31.7 Å². The van der Waals surface area contributed by atoms with Crippen LogP contribution in [0.1, 0.15) is 82.3 Å². The second-order valence-electron chi connectivity index (χ2n) is 10.6. The Balaban J connectivity index is 1.31. The Morgan fingerprint density at radius 1 is 0.838 bits per heavy atom. The fourth-order valence-corrected chi connectivity index (χ4v) is 6.10. The third-order valence-electron chi connectivity index (χ3n) is 8.23. The number of hydrogen-bond donors (Lipinski definition) is 0. The van der Waals surface area contributed by atoms with Gasteiger partial charge in [-0.3, -0.25) is 0 Å². The number of ether oxygens (including phenoxy) is 2. The van der Waals surface area contributed by atoms with Gasteiger partial charge in [0.2, 0.25) is 5.82 Å². The van der Waals surface area contributed by atoms with Crippen molar-refractivity contribution in [2.75, 3.05) is 6.61 Å². The van der Waals surface area contributed by atoms with Gasteiger partial charge in [-0.05, 0) is 118 Å². The zero-order valence-electron chi connectivity index (χ0n) is 21.8. The molecular formula is C31H38F4O2. The number of rotatable bonds is 9. The highest BCUT2D eigenvalue weighted by Gasteiger charge is 2.36. The van der Waals surface area contributed by atoms with Crippen LogP contribution in [0, 0.1) is 29.4 Å². The Labute approximate surface area is 218 Å². The summed E-state index contributed by atoms with van der Waals surface area (Å²) in [5.41, 5.74) is 1.31. The lowest BCUT2D eigenvalue weighted by Crippen LogP contribution is -2.33. The first kappa shape index (κ1) is 27.5. The van der Waals surface area contributed by atoms with Crippen molar-refractivity contribution in [1.82, 2.24) is 0 Å². The van der Waals surface area contributed by atoms with E-state index in [4.69, 9.17) is 4.74 Å². The van der Waals surface area contributed by atoms with Gasteiger partial charge in [0.15, 0.2) is 18.2 Å². The van der Waals surface area contributed by atoms with E-state index in [1.807, 2.05) is 6.92 Å². The van der Waals surface area contributed by atoms with Crippen LogP contribution in [0.4, 0.5) is 17.6 Å². The number of allylic oxidation sites excluding steroid dienone is 2. The highest BCUT2D eigenvalue weighted by atomic mass is 19.3. The second kappa shape index (κ2) is 12.4. The van der Waals surface area contributed by atoms with Gasteiger partial charge in [-0.25, -0.2) is 4.39 Å². The Kier molecular flexibility index (Phi) is 9.20. The molecule has 6 heteroatoms. The zero-order valence-corrected chi connectivity index (χ0v) is 21.8. The molecular weight excluding hydrogens is 480 g/mol. The SMILES string of the molecule is CC=CC1CCC(C2CCC(c3ccc(OC(F)(F)COc4ccc(CC)cc4)c(F)c3F)CC2)CC1. The average Bonchev–Trinajstić information content (AvgIpc) is 2.91. The van der Waals surface area contributed by atoms with Gasteiger partial charge in [-0.15, -0.1) is 0 Å². The van der Waals surface area contributed by atoms with Crippen molar-refractivity contribution in [2.45, 2.75) is 83.7 Å². The van der Waals surface area contributed by atoms with E-state index in [9.17, 15) is 17.6 Å².